The third-order valence-corrected chi connectivity index (χ3v) is 6.51. The lowest BCUT2D eigenvalue weighted by Crippen LogP contribution is -2.23. The maximum absolute atomic E-state index is 14.9. The predicted molar refractivity (Wildman–Crippen MR) is 135 cm³/mol. The number of pyridine rings is 1. The Bertz CT molecular complexity index is 1470. The Morgan fingerprint density at radius 3 is 2.49 bits per heavy atom. The molecule has 0 bridgehead atoms. The van der Waals surface area contributed by atoms with E-state index in [0.717, 1.165) is 23.5 Å². The SMILES string of the molecule is Cn1cc(C(=O)NCc2cccc(Nc3sc(-c4c(F)cc(C(C)(C)O)cc4F)cc3C(N)=O)n2)cn1. The highest BCUT2D eigenvalue weighted by atomic mass is 32.1. The highest BCUT2D eigenvalue weighted by molar-refractivity contribution is 7.20. The van der Waals surface area contributed by atoms with Crippen LogP contribution in [-0.2, 0) is 19.2 Å². The lowest BCUT2D eigenvalue weighted by atomic mass is 9.96. The quantitative estimate of drug-likeness (QED) is 0.276. The van der Waals surface area contributed by atoms with Crippen LogP contribution in [0.15, 0.2) is 48.8 Å². The molecule has 0 saturated carbocycles. The van der Waals surface area contributed by atoms with Crippen molar-refractivity contribution in [3.63, 3.8) is 0 Å². The van der Waals surface area contributed by atoms with Crippen LogP contribution >= 0.6 is 11.3 Å². The second kappa shape index (κ2) is 10.1. The Hall–Kier alpha value is -4.16. The molecule has 0 aliphatic carbocycles. The number of primary amides is 1. The van der Waals surface area contributed by atoms with Gasteiger partial charge in [0.2, 0.25) is 0 Å². The zero-order valence-corrected chi connectivity index (χ0v) is 21.0. The van der Waals surface area contributed by atoms with Crippen LogP contribution in [0.4, 0.5) is 19.6 Å². The molecular formula is C25H24F2N6O3S. The maximum atomic E-state index is 14.9. The Labute approximate surface area is 215 Å². The van der Waals surface area contributed by atoms with Crippen LogP contribution in [-0.4, -0.2) is 31.7 Å². The fourth-order valence-electron chi connectivity index (χ4n) is 3.53. The first kappa shape index (κ1) is 25.9. The Morgan fingerprint density at radius 1 is 1.19 bits per heavy atom. The van der Waals surface area contributed by atoms with Crippen molar-refractivity contribution in [2.24, 2.45) is 12.8 Å². The average Bonchev–Trinajstić information content (AvgIpc) is 3.43. The van der Waals surface area contributed by atoms with E-state index in [1.807, 2.05) is 0 Å². The van der Waals surface area contributed by atoms with Gasteiger partial charge in [-0.15, -0.1) is 11.3 Å². The number of benzene rings is 1. The fourth-order valence-corrected chi connectivity index (χ4v) is 4.65. The van der Waals surface area contributed by atoms with Gasteiger partial charge in [-0.2, -0.15) is 5.10 Å². The molecule has 4 aromatic rings. The van der Waals surface area contributed by atoms with Crippen molar-refractivity contribution in [2.75, 3.05) is 5.32 Å². The van der Waals surface area contributed by atoms with Gasteiger partial charge in [0.25, 0.3) is 11.8 Å². The standard InChI is InChI=1S/C25H24F2N6O3S/c1-25(2,36)14-7-17(26)21(18(27)8-14)19-9-16(22(28)34)24(37-19)32-20-6-4-5-15(31-20)11-29-23(35)13-10-30-33(3)12-13/h4-10,12,36H,11H2,1-3H3,(H2,28,34)(H,29,35)(H,31,32). The fraction of sp³-hybridized carbons (Fsp3) is 0.200. The molecule has 37 heavy (non-hydrogen) atoms. The molecule has 9 nitrogen and oxygen atoms in total. The molecule has 3 heterocycles. The van der Waals surface area contributed by atoms with Crippen molar-refractivity contribution in [3.05, 3.63) is 82.8 Å². The number of aromatic nitrogens is 3. The minimum Gasteiger partial charge on any atom is -0.386 e. The van der Waals surface area contributed by atoms with Crippen molar-refractivity contribution in [1.82, 2.24) is 20.1 Å². The van der Waals surface area contributed by atoms with Gasteiger partial charge in [-0.1, -0.05) is 6.07 Å². The van der Waals surface area contributed by atoms with Gasteiger partial charge in [0, 0.05) is 18.1 Å². The van der Waals surface area contributed by atoms with Gasteiger partial charge < -0.3 is 21.5 Å². The van der Waals surface area contributed by atoms with E-state index in [-0.39, 0.29) is 39.0 Å². The van der Waals surface area contributed by atoms with E-state index >= 15 is 0 Å². The number of rotatable bonds is 8. The molecule has 0 radical (unpaired) electrons. The molecule has 3 aromatic heterocycles. The molecule has 192 valence electrons. The van der Waals surface area contributed by atoms with E-state index < -0.39 is 23.1 Å². The van der Waals surface area contributed by atoms with Crippen LogP contribution in [0.25, 0.3) is 10.4 Å². The minimum absolute atomic E-state index is 0.0300. The van der Waals surface area contributed by atoms with E-state index in [9.17, 15) is 23.5 Å². The van der Waals surface area contributed by atoms with Gasteiger partial charge in [-0.3, -0.25) is 14.3 Å². The summed E-state index contributed by atoms with van der Waals surface area (Å²) < 4.78 is 31.3. The number of hydrogen-bond acceptors (Lipinski definition) is 7. The summed E-state index contributed by atoms with van der Waals surface area (Å²) >= 11 is 0.928. The van der Waals surface area contributed by atoms with Crippen LogP contribution in [0, 0.1) is 11.6 Å². The van der Waals surface area contributed by atoms with Gasteiger partial charge in [0.15, 0.2) is 0 Å². The highest BCUT2D eigenvalue weighted by Gasteiger charge is 2.24. The van der Waals surface area contributed by atoms with Gasteiger partial charge in [0.05, 0.1) is 40.7 Å². The van der Waals surface area contributed by atoms with Crippen LogP contribution in [0.2, 0.25) is 0 Å². The normalized spacial score (nSPS) is 11.4. The summed E-state index contributed by atoms with van der Waals surface area (Å²) in [4.78, 5) is 28.9. The number of carbonyl (C=O) groups is 2. The molecule has 0 spiro atoms. The van der Waals surface area contributed by atoms with Crippen molar-refractivity contribution < 1.29 is 23.5 Å². The average molecular weight is 527 g/mol. The number of nitrogens with zero attached hydrogens (tertiary/aromatic N) is 3. The van der Waals surface area contributed by atoms with Crippen LogP contribution < -0.4 is 16.4 Å². The molecule has 5 N–H and O–H groups in total. The number of amides is 2. The first-order valence-corrected chi connectivity index (χ1v) is 11.9. The number of halogens is 2. The summed E-state index contributed by atoms with van der Waals surface area (Å²) in [7, 11) is 1.71. The van der Waals surface area contributed by atoms with E-state index in [1.54, 1.807) is 31.4 Å². The summed E-state index contributed by atoms with van der Waals surface area (Å²) in [6.45, 7) is 2.97. The molecular weight excluding hydrogens is 502 g/mol. The van der Waals surface area contributed by atoms with Gasteiger partial charge >= 0.3 is 0 Å². The maximum Gasteiger partial charge on any atom is 0.254 e. The lowest BCUT2D eigenvalue weighted by Gasteiger charge is -2.18. The molecule has 0 atom stereocenters. The topological polar surface area (TPSA) is 135 Å². The van der Waals surface area contributed by atoms with Gasteiger partial charge in [0.1, 0.15) is 22.5 Å². The zero-order valence-electron chi connectivity index (χ0n) is 20.2. The second-order valence-corrected chi connectivity index (χ2v) is 9.87. The second-order valence-electron chi connectivity index (χ2n) is 8.82. The minimum atomic E-state index is -1.44. The summed E-state index contributed by atoms with van der Waals surface area (Å²) in [6.07, 6.45) is 3.04. The third kappa shape index (κ3) is 5.81. The van der Waals surface area contributed by atoms with E-state index in [2.05, 4.69) is 20.7 Å². The van der Waals surface area contributed by atoms with Crippen molar-refractivity contribution in [1.29, 1.82) is 0 Å². The molecule has 12 heteroatoms. The number of aryl methyl sites for hydroxylation is 1. The number of nitrogens with two attached hydrogens (primary N) is 1. The number of hydrogen-bond donors (Lipinski definition) is 4. The number of aliphatic hydroxyl groups is 1. The number of thiophene rings is 1. The molecule has 1 aromatic carbocycles. The first-order valence-electron chi connectivity index (χ1n) is 11.1. The first-order chi connectivity index (χ1) is 17.4. The molecule has 0 aliphatic heterocycles. The molecule has 0 aliphatic rings. The monoisotopic (exact) mass is 526 g/mol. The van der Waals surface area contributed by atoms with E-state index in [0.29, 0.717) is 17.1 Å². The predicted octanol–water partition coefficient (Wildman–Crippen LogP) is 3.82. The van der Waals surface area contributed by atoms with Gasteiger partial charge in [-0.25, -0.2) is 13.8 Å². The molecule has 2 amide bonds. The molecule has 4 rings (SSSR count). The Balaban J connectivity index is 1.58. The van der Waals surface area contributed by atoms with Gasteiger partial charge in [-0.05, 0) is 49.7 Å². The molecule has 0 saturated heterocycles. The summed E-state index contributed by atoms with van der Waals surface area (Å²) in [5.41, 5.74) is 4.78. The molecule has 0 fully saturated rings. The number of anilines is 2. The molecule has 0 unspecified atom stereocenters. The smallest absolute Gasteiger partial charge is 0.254 e. The van der Waals surface area contributed by atoms with Crippen molar-refractivity contribution in [3.8, 4) is 10.4 Å². The largest absolute Gasteiger partial charge is 0.386 e. The van der Waals surface area contributed by atoms with Crippen LogP contribution in [0.3, 0.4) is 0 Å². The lowest BCUT2D eigenvalue weighted by molar-refractivity contribution is 0.0778. The zero-order chi connectivity index (χ0) is 26.9. The summed E-state index contributed by atoms with van der Waals surface area (Å²) in [5, 5.41) is 20.0. The Kier molecular flexibility index (Phi) is 7.05. The van der Waals surface area contributed by atoms with E-state index in [1.165, 1.54) is 30.8 Å². The third-order valence-electron chi connectivity index (χ3n) is 5.44. The Morgan fingerprint density at radius 2 is 1.89 bits per heavy atom. The summed E-state index contributed by atoms with van der Waals surface area (Å²) in [6, 6.07) is 8.46. The van der Waals surface area contributed by atoms with Crippen molar-refractivity contribution >= 4 is 34.0 Å². The number of nitrogens with one attached hydrogen (secondary N) is 2. The summed E-state index contributed by atoms with van der Waals surface area (Å²) in [5.74, 6) is -2.54. The van der Waals surface area contributed by atoms with Crippen LogP contribution in [0.5, 0.6) is 0 Å². The van der Waals surface area contributed by atoms with E-state index in [4.69, 9.17) is 5.73 Å². The number of carbonyl (C=O) groups excluding carboxylic acids is 2. The van der Waals surface area contributed by atoms with Crippen molar-refractivity contribution in [2.45, 2.75) is 26.0 Å². The van der Waals surface area contributed by atoms with Crippen LogP contribution in [0.1, 0.15) is 45.8 Å². The highest BCUT2D eigenvalue weighted by Crippen LogP contribution is 2.40.